The Kier molecular flexibility index (Phi) is 7.99. The molecule has 0 aromatic rings. The molecule has 0 heterocycles. The standard InChI is InChI=1S/C8H19ClO3Si/c1-7(2)11-13(10-6-5-9)12-8(3)4/h7-8,13H,5-6H2,1-4H3. The smallest absolute Gasteiger partial charge is 0.375 e. The Hall–Kier alpha value is 0.387. The number of hydrogen-bond acceptors (Lipinski definition) is 3. The Morgan fingerprint density at radius 3 is 1.85 bits per heavy atom. The summed E-state index contributed by atoms with van der Waals surface area (Å²) in [4.78, 5) is 0. The van der Waals surface area contributed by atoms with E-state index in [1.807, 2.05) is 27.7 Å². The van der Waals surface area contributed by atoms with Gasteiger partial charge in [-0.2, -0.15) is 0 Å². The van der Waals surface area contributed by atoms with Gasteiger partial charge in [-0.15, -0.1) is 11.6 Å². The molecule has 0 aliphatic heterocycles. The number of alkyl halides is 1. The van der Waals surface area contributed by atoms with Gasteiger partial charge in [0.1, 0.15) is 0 Å². The van der Waals surface area contributed by atoms with Crippen LogP contribution in [-0.4, -0.2) is 34.2 Å². The zero-order chi connectivity index (χ0) is 10.3. The first kappa shape index (κ1) is 13.4. The van der Waals surface area contributed by atoms with Crippen LogP contribution in [0.15, 0.2) is 0 Å². The molecule has 0 amide bonds. The molecular weight excluding hydrogens is 208 g/mol. The average molecular weight is 227 g/mol. The van der Waals surface area contributed by atoms with Crippen molar-refractivity contribution in [3.63, 3.8) is 0 Å². The Morgan fingerprint density at radius 2 is 1.54 bits per heavy atom. The van der Waals surface area contributed by atoms with Gasteiger partial charge in [-0.05, 0) is 27.7 Å². The fourth-order valence-corrected chi connectivity index (χ4v) is 2.35. The van der Waals surface area contributed by atoms with Gasteiger partial charge >= 0.3 is 9.53 Å². The van der Waals surface area contributed by atoms with E-state index in [-0.39, 0.29) is 12.2 Å². The maximum atomic E-state index is 5.50. The van der Waals surface area contributed by atoms with Crippen LogP contribution in [-0.2, 0) is 13.3 Å². The molecule has 0 fully saturated rings. The van der Waals surface area contributed by atoms with Crippen LogP contribution in [0.5, 0.6) is 0 Å². The lowest BCUT2D eigenvalue weighted by atomic mass is 10.5. The highest BCUT2D eigenvalue weighted by molar-refractivity contribution is 6.36. The van der Waals surface area contributed by atoms with Crippen LogP contribution < -0.4 is 0 Å². The van der Waals surface area contributed by atoms with Crippen LogP contribution in [0.4, 0.5) is 0 Å². The van der Waals surface area contributed by atoms with Crippen molar-refractivity contribution in [1.29, 1.82) is 0 Å². The SMILES string of the molecule is CC(C)O[SiH](OCCCl)OC(C)C. The lowest BCUT2D eigenvalue weighted by molar-refractivity contribution is 0.0538. The summed E-state index contributed by atoms with van der Waals surface area (Å²) in [5.74, 6) is 0.479. The van der Waals surface area contributed by atoms with E-state index in [1.165, 1.54) is 0 Å². The third-order valence-corrected chi connectivity index (χ3v) is 3.29. The molecule has 0 atom stereocenters. The summed E-state index contributed by atoms with van der Waals surface area (Å²) < 4.78 is 16.4. The van der Waals surface area contributed by atoms with E-state index in [1.54, 1.807) is 0 Å². The summed E-state index contributed by atoms with van der Waals surface area (Å²) in [6.07, 6.45) is 0.288. The molecular formula is C8H19ClO3Si. The van der Waals surface area contributed by atoms with Crippen LogP contribution in [0.25, 0.3) is 0 Å². The van der Waals surface area contributed by atoms with E-state index in [0.717, 1.165) is 0 Å². The molecule has 13 heavy (non-hydrogen) atoms. The van der Waals surface area contributed by atoms with E-state index in [2.05, 4.69) is 0 Å². The largest absolute Gasteiger partial charge is 0.484 e. The first-order valence-corrected chi connectivity index (χ1v) is 6.49. The molecule has 0 radical (unpaired) electrons. The maximum Gasteiger partial charge on any atom is 0.484 e. The Balaban J connectivity index is 3.73. The molecule has 0 aromatic carbocycles. The van der Waals surface area contributed by atoms with Crippen LogP contribution in [0.1, 0.15) is 27.7 Å². The molecule has 0 rings (SSSR count). The highest BCUT2D eigenvalue weighted by atomic mass is 35.5. The van der Waals surface area contributed by atoms with Gasteiger partial charge in [0, 0.05) is 18.1 Å². The minimum atomic E-state index is -1.95. The second-order valence-electron chi connectivity index (χ2n) is 3.22. The van der Waals surface area contributed by atoms with Crippen LogP contribution in [0.3, 0.4) is 0 Å². The molecule has 0 saturated heterocycles. The molecule has 80 valence electrons. The maximum absolute atomic E-state index is 5.50. The van der Waals surface area contributed by atoms with Gasteiger partial charge in [0.25, 0.3) is 0 Å². The Morgan fingerprint density at radius 1 is 1.08 bits per heavy atom. The van der Waals surface area contributed by atoms with Crippen molar-refractivity contribution in [2.75, 3.05) is 12.5 Å². The van der Waals surface area contributed by atoms with Crippen molar-refractivity contribution in [3.8, 4) is 0 Å². The number of halogens is 1. The third kappa shape index (κ3) is 8.71. The molecule has 5 heteroatoms. The summed E-state index contributed by atoms with van der Waals surface area (Å²) in [5.41, 5.74) is 0. The predicted molar refractivity (Wildman–Crippen MR) is 56.3 cm³/mol. The van der Waals surface area contributed by atoms with Crippen molar-refractivity contribution in [1.82, 2.24) is 0 Å². The quantitative estimate of drug-likeness (QED) is 0.490. The molecule has 0 aliphatic rings. The van der Waals surface area contributed by atoms with Gasteiger partial charge in [0.15, 0.2) is 0 Å². The minimum Gasteiger partial charge on any atom is -0.375 e. The number of hydrogen-bond donors (Lipinski definition) is 0. The monoisotopic (exact) mass is 226 g/mol. The van der Waals surface area contributed by atoms with E-state index < -0.39 is 9.53 Å². The minimum absolute atomic E-state index is 0.144. The first-order valence-electron chi connectivity index (χ1n) is 4.54. The third-order valence-electron chi connectivity index (χ3n) is 1.10. The summed E-state index contributed by atoms with van der Waals surface area (Å²) in [6, 6.07) is 0. The summed E-state index contributed by atoms with van der Waals surface area (Å²) >= 11 is 5.50. The lowest BCUT2D eigenvalue weighted by Gasteiger charge is -2.20. The highest BCUT2D eigenvalue weighted by Crippen LogP contribution is 2.01. The molecule has 0 spiro atoms. The zero-order valence-electron chi connectivity index (χ0n) is 8.75. The molecule has 0 aromatic heterocycles. The molecule has 0 unspecified atom stereocenters. The normalized spacial score (nSPS) is 12.0. The van der Waals surface area contributed by atoms with Crippen molar-refractivity contribution < 1.29 is 13.3 Å². The summed E-state index contributed by atoms with van der Waals surface area (Å²) in [6.45, 7) is 8.36. The van der Waals surface area contributed by atoms with Crippen LogP contribution in [0, 0.1) is 0 Å². The van der Waals surface area contributed by atoms with E-state index >= 15 is 0 Å². The van der Waals surface area contributed by atoms with Gasteiger partial charge in [-0.3, -0.25) is 0 Å². The topological polar surface area (TPSA) is 27.7 Å². The second kappa shape index (κ2) is 7.76. The summed E-state index contributed by atoms with van der Waals surface area (Å²) in [5, 5.41) is 0. The summed E-state index contributed by atoms with van der Waals surface area (Å²) in [7, 11) is -1.95. The highest BCUT2D eigenvalue weighted by Gasteiger charge is 2.18. The van der Waals surface area contributed by atoms with Crippen molar-refractivity contribution in [2.24, 2.45) is 0 Å². The Labute approximate surface area is 87.3 Å². The molecule has 0 aliphatic carbocycles. The second-order valence-corrected chi connectivity index (χ2v) is 5.05. The van der Waals surface area contributed by atoms with Gasteiger partial charge in [0.05, 0.1) is 6.61 Å². The van der Waals surface area contributed by atoms with Gasteiger partial charge in [0.2, 0.25) is 0 Å². The van der Waals surface area contributed by atoms with Gasteiger partial charge in [-0.25, -0.2) is 0 Å². The van der Waals surface area contributed by atoms with Crippen LogP contribution >= 0.6 is 11.6 Å². The van der Waals surface area contributed by atoms with E-state index in [9.17, 15) is 0 Å². The molecule has 0 N–H and O–H groups in total. The van der Waals surface area contributed by atoms with Crippen molar-refractivity contribution in [2.45, 2.75) is 39.9 Å². The zero-order valence-corrected chi connectivity index (χ0v) is 10.7. The Bertz CT molecular complexity index is 112. The predicted octanol–water partition coefficient (Wildman–Crippen LogP) is 1.81. The average Bonchev–Trinajstić information content (AvgIpc) is 1.98. The van der Waals surface area contributed by atoms with E-state index in [0.29, 0.717) is 12.5 Å². The number of rotatable bonds is 7. The molecule has 3 nitrogen and oxygen atoms in total. The molecule has 0 saturated carbocycles. The fourth-order valence-electron chi connectivity index (χ4n) is 0.696. The van der Waals surface area contributed by atoms with Crippen molar-refractivity contribution in [3.05, 3.63) is 0 Å². The molecule has 0 bridgehead atoms. The van der Waals surface area contributed by atoms with E-state index in [4.69, 9.17) is 24.9 Å². The fraction of sp³-hybridized carbons (Fsp3) is 1.00. The van der Waals surface area contributed by atoms with Crippen molar-refractivity contribution >= 4 is 21.1 Å². The first-order chi connectivity index (χ1) is 6.06. The van der Waals surface area contributed by atoms with Crippen LogP contribution in [0.2, 0.25) is 0 Å². The van der Waals surface area contributed by atoms with Gasteiger partial charge in [-0.1, -0.05) is 0 Å². The van der Waals surface area contributed by atoms with Gasteiger partial charge < -0.3 is 13.3 Å². The lowest BCUT2D eigenvalue weighted by Crippen LogP contribution is -2.33.